The predicted molar refractivity (Wildman–Crippen MR) is 109 cm³/mol. The van der Waals surface area contributed by atoms with Crippen LogP contribution in [0.5, 0.6) is 0 Å². The largest absolute Gasteiger partial charge is 0.339 e. The van der Waals surface area contributed by atoms with Crippen LogP contribution in [0, 0.1) is 12.8 Å². The number of piperazine rings is 1. The highest BCUT2D eigenvalue weighted by Crippen LogP contribution is 2.27. The summed E-state index contributed by atoms with van der Waals surface area (Å²) in [6.07, 6.45) is 4.21. The quantitative estimate of drug-likeness (QED) is 0.798. The first-order valence-electron chi connectivity index (χ1n) is 10.3. The Kier molecular flexibility index (Phi) is 5.47. The molecule has 1 saturated heterocycles. The molecule has 2 heterocycles. The van der Waals surface area contributed by atoms with Crippen molar-refractivity contribution in [1.82, 2.24) is 19.6 Å². The molecule has 2 aromatic rings. The van der Waals surface area contributed by atoms with E-state index in [2.05, 4.69) is 5.10 Å². The van der Waals surface area contributed by atoms with Crippen molar-refractivity contribution in [3.8, 4) is 5.69 Å². The van der Waals surface area contributed by atoms with Crippen LogP contribution in [0.2, 0.25) is 0 Å². The van der Waals surface area contributed by atoms with Crippen molar-refractivity contribution in [3.05, 3.63) is 58.0 Å². The molecule has 0 unspecified atom stereocenters. The number of aryl methyl sites for hydroxylation is 1. The molecule has 0 N–H and O–H groups in total. The minimum Gasteiger partial charge on any atom is -0.339 e. The normalized spacial score (nSPS) is 17.6. The molecule has 7 heteroatoms. The topological polar surface area (TPSA) is 75.5 Å². The summed E-state index contributed by atoms with van der Waals surface area (Å²) in [5.74, 6) is -0.00349. The third-order valence-corrected chi connectivity index (χ3v) is 5.89. The summed E-state index contributed by atoms with van der Waals surface area (Å²) < 4.78 is 1.62. The molecular weight excluding hydrogens is 368 g/mol. The molecule has 152 valence electrons. The van der Waals surface area contributed by atoms with Crippen LogP contribution in [0.4, 0.5) is 0 Å². The van der Waals surface area contributed by atoms with E-state index >= 15 is 0 Å². The Labute approximate surface area is 169 Å². The highest BCUT2D eigenvalue weighted by Gasteiger charge is 2.31. The molecule has 1 aliphatic carbocycles. The number of amides is 2. The van der Waals surface area contributed by atoms with Crippen LogP contribution in [0.25, 0.3) is 5.69 Å². The molecule has 0 atom stereocenters. The Balaban J connectivity index is 1.49. The van der Waals surface area contributed by atoms with Crippen molar-refractivity contribution in [2.75, 3.05) is 26.2 Å². The van der Waals surface area contributed by atoms with E-state index in [0.29, 0.717) is 31.9 Å². The Morgan fingerprint density at radius 1 is 0.966 bits per heavy atom. The number of nitrogens with zero attached hydrogens (tertiary/aromatic N) is 4. The van der Waals surface area contributed by atoms with Gasteiger partial charge in [0.15, 0.2) is 5.69 Å². The molecule has 2 amide bonds. The minimum atomic E-state index is -0.371. The Bertz CT molecular complexity index is 956. The van der Waals surface area contributed by atoms with Gasteiger partial charge >= 0.3 is 0 Å². The van der Waals surface area contributed by atoms with Crippen LogP contribution in [0.1, 0.15) is 41.9 Å². The third kappa shape index (κ3) is 3.95. The van der Waals surface area contributed by atoms with Crippen molar-refractivity contribution in [2.24, 2.45) is 5.92 Å². The van der Waals surface area contributed by atoms with Gasteiger partial charge in [0.1, 0.15) is 0 Å². The second kappa shape index (κ2) is 8.19. The smallest absolute Gasteiger partial charge is 0.278 e. The highest BCUT2D eigenvalue weighted by atomic mass is 16.2. The zero-order valence-corrected chi connectivity index (χ0v) is 16.7. The van der Waals surface area contributed by atoms with Crippen LogP contribution in [0.3, 0.4) is 0 Å². The van der Waals surface area contributed by atoms with Gasteiger partial charge in [-0.05, 0) is 31.9 Å². The molecule has 1 aliphatic heterocycles. The second-order valence-electron chi connectivity index (χ2n) is 7.84. The standard InChI is InChI=1S/C22H26N4O3/c1-16-15-19(27)20(23-26(16)18-9-3-2-4-10-18)22(29)25-13-11-24(12-14-25)21(28)17-7-5-6-8-17/h2-4,9-10,15,17H,5-8,11-14H2,1H3. The van der Waals surface area contributed by atoms with Gasteiger partial charge in [-0.3, -0.25) is 14.4 Å². The van der Waals surface area contributed by atoms with Crippen LogP contribution in [-0.2, 0) is 4.79 Å². The first-order chi connectivity index (χ1) is 14.0. The number of rotatable bonds is 3. The molecular formula is C22H26N4O3. The number of benzene rings is 1. The van der Waals surface area contributed by atoms with Crippen molar-refractivity contribution >= 4 is 11.8 Å². The lowest BCUT2D eigenvalue weighted by molar-refractivity contribution is -0.136. The van der Waals surface area contributed by atoms with Gasteiger partial charge < -0.3 is 9.80 Å². The summed E-state index contributed by atoms with van der Waals surface area (Å²) in [6, 6.07) is 10.9. The average Bonchev–Trinajstić information content (AvgIpc) is 3.28. The number of para-hydroxylation sites is 1. The molecule has 0 bridgehead atoms. The van der Waals surface area contributed by atoms with Crippen molar-refractivity contribution in [3.63, 3.8) is 0 Å². The maximum atomic E-state index is 13.0. The third-order valence-electron chi connectivity index (χ3n) is 5.89. The predicted octanol–water partition coefficient (Wildman–Crippen LogP) is 2.02. The van der Waals surface area contributed by atoms with E-state index in [9.17, 15) is 14.4 Å². The Morgan fingerprint density at radius 3 is 2.24 bits per heavy atom. The highest BCUT2D eigenvalue weighted by molar-refractivity contribution is 5.92. The fourth-order valence-corrected chi connectivity index (χ4v) is 4.24. The monoisotopic (exact) mass is 394 g/mol. The summed E-state index contributed by atoms with van der Waals surface area (Å²) >= 11 is 0. The zero-order chi connectivity index (χ0) is 20.4. The SMILES string of the molecule is Cc1cc(=O)c(C(=O)N2CCN(C(=O)C3CCCC3)CC2)nn1-c1ccccc1. The van der Waals surface area contributed by atoms with Gasteiger partial charge in [0.2, 0.25) is 11.3 Å². The molecule has 7 nitrogen and oxygen atoms in total. The van der Waals surface area contributed by atoms with Crippen molar-refractivity contribution in [2.45, 2.75) is 32.6 Å². The van der Waals surface area contributed by atoms with E-state index in [1.54, 1.807) is 16.5 Å². The van der Waals surface area contributed by atoms with E-state index < -0.39 is 0 Å². The minimum absolute atomic E-state index is 0.0741. The van der Waals surface area contributed by atoms with E-state index in [1.807, 2.05) is 35.2 Å². The van der Waals surface area contributed by atoms with Gasteiger partial charge in [0.25, 0.3) is 5.91 Å². The van der Waals surface area contributed by atoms with Gasteiger partial charge in [-0.2, -0.15) is 5.10 Å². The molecule has 2 aliphatic rings. The first-order valence-corrected chi connectivity index (χ1v) is 10.3. The molecule has 1 saturated carbocycles. The van der Waals surface area contributed by atoms with Gasteiger partial charge in [-0.15, -0.1) is 0 Å². The maximum Gasteiger partial charge on any atom is 0.278 e. The lowest BCUT2D eigenvalue weighted by Crippen LogP contribution is -2.52. The molecule has 0 spiro atoms. The van der Waals surface area contributed by atoms with Gasteiger partial charge in [0, 0.05) is 43.9 Å². The van der Waals surface area contributed by atoms with Crippen LogP contribution in [0.15, 0.2) is 41.2 Å². The summed E-state index contributed by atoms with van der Waals surface area (Å²) in [7, 11) is 0. The fraction of sp³-hybridized carbons (Fsp3) is 0.455. The number of hydrogen-bond donors (Lipinski definition) is 0. The first kappa shape index (κ1) is 19.4. The molecule has 4 rings (SSSR count). The molecule has 1 aromatic carbocycles. The molecule has 2 fully saturated rings. The van der Waals surface area contributed by atoms with E-state index in [-0.39, 0.29) is 28.9 Å². The summed E-state index contributed by atoms with van der Waals surface area (Å²) in [5.41, 5.74) is 1.02. The number of carbonyl (C=O) groups is 2. The average molecular weight is 394 g/mol. The van der Waals surface area contributed by atoms with Crippen LogP contribution < -0.4 is 5.43 Å². The van der Waals surface area contributed by atoms with Gasteiger partial charge in [-0.1, -0.05) is 31.0 Å². The lowest BCUT2D eigenvalue weighted by Gasteiger charge is -2.35. The summed E-state index contributed by atoms with van der Waals surface area (Å²) in [5, 5.41) is 4.37. The summed E-state index contributed by atoms with van der Waals surface area (Å²) in [4.78, 5) is 41.6. The van der Waals surface area contributed by atoms with Crippen LogP contribution >= 0.6 is 0 Å². The lowest BCUT2D eigenvalue weighted by atomic mass is 10.1. The van der Waals surface area contributed by atoms with Gasteiger partial charge in [-0.25, -0.2) is 4.68 Å². The van der Waals surface area contributed by atoms with E-state index in [0.717, 1.165) is 31.4 Å². The molecule has 1 aromatic heterocycles. The van der Waals surface area contributed by atoms with Crippen molar-refractivity contribution < 1.29 is 9.59 Å². The Hall–Kier alpha value is -2.96. The molecule has 0 radical (unpaired) electrons. The Morgan fingerprint density at radius 2 is 1.59 bits per heavy atom. The van der Waals surface area contributed by atoms with E-state index in [4.69, 9.17) is 0 Å². The summed E-state index contributed by atoms with van der Waals surface area (Å²) in [6.45, 7) is 3.68. The second-order valence-corrected chi connectivity index (χ2v) is 7.84. The zero-order valence-electron chi connectivity index (χ0n) is 16.7. The fourth-order valence-electron chi connectivity index (χ4n) is 4.24. The number of carbonyl (C=O) groups excluding carboxylic acids is 2. The van der Waals surface area contributed by atoms with Crippen LogP contribution in [-0.4, -0.2) is 57.6 Å². The number of hydrogen-bond acceptors (Lipinski definition) is 4. The van der Waals surface area contributed by atoms with E-state index in [1.165, 1.54) is 6.07 Å². The van der Waals surface area contributed by atoms with Crippen molar-refractivity contribution in [1.29, 1.82) is 0 Å². The maximum absolute atomic E-state index is 13.0. The number of aromatic nitrogens is 2. The van der Waals surface area contributed by atoms with Gasteiger partial charge in [0.05, 0.1) is 5.69 Å². The molecule has 29 heavy (non-hydrogen) atoms.